The minimum absolute atomic E-state index is 0.128. The van der Waals surface area contributed by atoms with Crippen LogP contribution in [0.3, 0.4) is 0 Å². The van der Waals surface area contributed by atoms with Crippen molar-refractivity contribution in [3.8, 4) is 5.75 Å². The molecule has 2 aromatic carbocycles. The molecular formula is C20H18ClN3O3S. The fraction of sp³-hybridized carbons (Fsp3) is 0.100. The van der Waals surface area contributed by atoms with Gasteiger partial charge in [-0.2, -0.15) is 0 Å². The average molecular weight is 416 g/mol. The molecule has 3 rings (SSSR count). The number of benzene rings is 2. The molecule has 0 unspecified atom stereocenters. The first-order valence-electron chi connectivity index (χ1n) is 8.41. The van der Waals surface area contributed by atoms with Crippen molar-refractivity contribution in [2.45, 2.75) is 13.5 Å². The molecule has 3 N–H and O–H groups in total. The van der Waals surface area contributed by atoms with Gasteiger partial charge in [0, 0.05) is 5.69 Å². The Hall–Kier alpha value is -3.03. The Labute approximate surface area is 172 Å². The molecule has 1 aromatic heterocycles. The number of anilines is 1. The molecule has 8 heteroatoms. The Kier molecular flexibility index (Phi) is 6.52. The van der Waals surface area contributed by atoms with Gasteiger partial charge in [-0.25, -0.2) is 0 Å². The summed E-state index contributed by atoms with van der Waals surface area (Å²) < 4.78 is 11.1. The standard InChI is InChI=1S/C20H18ClN3O3S/c1-13-5-4-6-14(11-13)22-20(28)24-23-19(25)18-10-9-15(27-18)12-26-17-8-3-2-7-16(17)21/h2-11H,12H2,1H3,(H,23,25)(H2,22,24,28). The molecule has 144 valence electrons. The molecule has 0 aliphatic heterocycles. The second-order valence-corrected chi connectivity index (χ2v) is 6.70. The summed E-state index contributed by atoms with van der Waals surface area (Å²) >= 11 is 11.2. The summed E-state index contributed by atoms with van der Waals surface area (Å²) in [4.78, 5) is 12.2. The van der Waals surface area contributed by atoms with Crippen molar-refractivity contribution < 1.29 is 13.9 Å². The average Bonchev–Trinajstić information content (AvgIpc) is 3.15. The quantitative estimate of drug-likeness (QED) is 0.422. The third-order valence-corrected chi connectivity index (χ3v) is 4.17. The monoisotopic (exact) mass is 415 g/mol. The van der Waals surface area contributed by atoms with Crippen LogP contribution in [0.2, 0.25) is 5.02 Å². The van der Waals surface area contributed by atoms with Crippen molar-refractivity contribution >= 4 is 40.5 Å². The number of carbonyl (C=O) groups is 1. The molecule has 0 atom stereocenters. The molecule has 0 aliphatic rings. The van der Waals surface area contributed by atoms with Gasteiger partial charge in [0.15, 0.2) is 10.9 Å². The minimum atomic E-state index is -0.461. The summed E-state index contributed by atoms with van der Waals surface area (Å²) in [7, 11) is 0. The van der Waals surface area contributed by atoms with Crippen molar-refractivity contribution in [3.05, 3.63) is 82.8 Å². The van der Waals surface area contributed by atoms with Crippen LogP contribution in [0.25, 0.3) is 0 Å². The lowest BCUT2D eigenvalue weighted by Crippen LogP contribution is -2.43. The lowest BCUT2D eigenvalue weighted by Gasteiger charge is -2.11. The van der Waals surface area contributed by atoms with E-state index in [1.165, 1.54) is 0 Å². The number of rotatable bonds is 5. The van der Waals surface area contributed by atoms with Gasteiger partial charge >= 0.3 is 5.91 Å². The highest BCUT2D eigenvalue weighted by atomic mass is 35.5. The maximum Gasteiger partial charge on any atom is 0.305 e. The van der Waals surface area contributed by atoms with E-state index in [1.54, 1.807) is 24.3 Å². The molecule has 0 spiro atoms. The van der Waals surface area contributed by atoms with E-state index < -0.39 is 5.91 Å². The van der Waals surface area contributed by atoms with Crippen LogP contribution in [-0.4, -0.2) is 11.0 Å². The van der Waals surface area contributed by atoms with E-state index in [9.17, 15) is 4.79 Å². The summed E-state index contributed by atoms with van der Waals surface area (Å²) in [6.45, 7) is 2.13. The van der Waals surface area contributed by atoms with Crippen molar-refractivity contribution in [1.29, 1.82) is 0 Å². The molecule has 0 radical (unpaired) electrons. The van der Waals surface area contributed by atoms with Crippen LogP contribution in [0.5, 0.6) is 5.75 Å². The lowest BCUT2D eigenvalue weighted by atomic mass is 10.2. The smallest absolute Gasteiger partial charge is 0.305 e. The number of halogens is 1. The molecular weight excluding hydrogens is 398 g/mol. The summed E-state index contributed by atoms with van der Waals surface area (Å²) in [5.74, 6) is 0.701. The second kappa shape index (κ2) is 9.25. The Balaban J connectivity index is 1.48. The van der Waals surface area contributed by atoms with E-state index >= 15 is 0 Å². The highest BCUT2D eigenvalue weighted by Gasteiger charge is 2.12. The molecule has 1 amide bonds. The molecule has 6 nitrogen and oxygen atoms in total. The first-order valence-corrected chi connectivity index (χ1v) is 9.20. The van der Waals surface area contributed by atoms with Crippen molar-refractivity contribution in [3.63, 3.8) is 0 Å². The first-order chi connectivity index (χ1) is 13.5. The first kappa shape index (κ1) is 19.7. The van der Waals surface area contributed by atoms with E-state index in [2.05, 4.69) is 16.2 Å². The topological polar surface area (TPSA) is 75.5 Å². The zero-order chi connectivity index (χ0) is 19.9. The second-order valence-electron chi connectivity index (χ2n) is 5.89. The van der Waals surface area contributed by atoms with Gasteiger partial charge in [0.25, 0.3) is 0 Å². The number of nitrogens with one attached hydrogen (secondary N) is 3. The fourth-order valence-corrected chi connectivity index (χ4v) is 2.71. The molecule has 3 aromatic rings. The van der Waals surface area contributed by atoms with Gasteiger partial charge < -0.3 is 14.5 Å². The molecule has 0 bridgehead atoms. The van der Waals surface area contributed by atoms with Crippen LogP contribution in [0.4, 0.5) is 5.69 Å². The maximum atomic E-state index is 12.2. The van der Waals surface area contributed by atoms with Gasteiger partial charge in [-0.15, -0.1) is 0 Å². The van der Waals surface area contributed by atoms with Gasteiger partial charge in [-0.1, -0.05) is 35.9 Å². The molecule has 0 aliphatic carbocycles. The summed E-state index contributed by atoms with van der Waals surface area (Å²) in [6, 6.07) is 18.0. The zero-order valence-corrected chi connectivity index (χ0v) is 16.6. The SMILES string of the molecule is Cc1cccc(NC(=S)NNC(=O)c2ccc(COc3ccccc3Cl)o2)c1. The Bertz CT molecular complexity index is 990. The summed E-state index contributed by atoms with van der Waals surface area (Å²) in [6.07, 6.45) is 0. The number of hydrogen-bond acceptors (Lipinski definition) is 4. The van der Waals surface area contributed by atoms with E-state index in [-0.39, 0.29) is 17.5 Å². The Morgan fingerprint density at radius 3 is 2.71 bits per heavy atom. The number of carbonyl (C=O) groups excluding carboxylic acids is 1. The molecule has 28 heavy (non-hydrogen) atoms. The number of ether oxygens (including phenoxy) is 1. The van der Waals surface area contributed by atoms with Crippen LogP contribution in [0.1, 0.15) is 21.9 Å². The highest BCUT2D eigenvalue weighted by Crippen LogP contribution is 2.24. The zero-order valence-electron chi connectivity index (χ0n) is 15.0. The minimum Gasteiger partial charge on any atom is -0.484 e. The lowest BCUT2D eigenvalue weighted by molar-refractivity contribution is 0.0912. The van der Waals surface area contributed by atoms with Crippen LogP contribution >= 0.6 is 23.8 Å². The number of thiocarbonyl (C=S) groups is 1. The largest absolute Gasteiger partial charge is 0.484 e. The highest BCUT2D eigenvalue weighted by molar-refractivity contribution is 7.80. The normalized spacial score (nSPS) is 10.2. The number of hydrogen-bond donors (Lipinski definition) is 3. The Morgan fingerprint density at radius 1 is 1.11 bits per heavy atom. The van der Waals surface area contributed by atoms with E-state index in [1.807, 2.05) is 43.3 Å². The van der Waals surface area contributed by atoms with Gasteiger partial charge in [0.2, 0.25) is 0 Å². The van der Waals surface area contributed by atoms with Crippen molar-refractivity contribution in [1.82, 2.24) is 10.9 Å². The van der Waals surface area contributed by atoms with E-state index in [0.717, 1.165) is 11.3 Å². The van der Waals surface area contributed by atoms with Crippen molar-refractivity contribution in [2.24, 2.45) is 0 Å². The van der Waals surface area contributed by atoms with E-state index in [4.69, 9.17) is 33.0 Å². The number of amides is 1. The van der Waals surface area contributed by atoms with Crippen LogP contribution in [-0.2, 0) is 6.61 Å². The number of para-hydroxylation sites is 1. The molecule has 0 saturated carbocycles. The number of aryl methyl sites for hydroxylation is 1. The van der Waals surface area contributed by atoms with Crippen molar-refractivity contribution in [2.75, 3.05) is 5.32 Å². The third kappa shape index (κ3) is 5.48. The number of hydrazine groups is 1. The predicted molar refractivity (Wildman–Crippen MR) is 112 cm³/mol. The predicted octanol–water partition coefficient (Wildman–Crippen LogP) is 4.45. The maximum absolute atomic E-state index is 12.2. The van der Waals surface area contributed by atoms with Gasteiger partial charge in [-0.3, -0.25) is 15.6 Å². The molecule has 0 saturated heterocycles. The Morgan fingerprint density at radius 2 is 1.93 bits per heavy atom. The molecule has 1 heterocycles. The van der Waals surface area contributed by atoms with Crippen LogP contribution < -0.4 is 20.9 Å². The third-order valence-electron chi connectivity index (χ3n) is 3.66. The van der Waals surface area contributed by atoms with Gasteiger partial charge in [0.05, 0.1) is 5.02 Å². The fourth-order valence-electron chi connectivity index (χ4n) is 2.35. The van der Waals surface area contributed by atoms with Gasteiger partial charge in [0.1, 0.15) is 18.1 Å². The van der Waals surface area contributed by atoms with E-state index in [0.29, 0.717) is 16.5 Å². The molecule has 0 fully saturated rings. The summed E-state index contributed by atoms with van der Waals surface area (Å²) in [5.41, 5.74) is 7.04. The van der Waals surface area contributed by atoms with Crippen LogP contribution in [0, 0.1) is 6.92 Å². The van der Waals surface area contributed by atoms with Gasteiger partial charge in [-0.05, 0) is 61.1 Å². The number of furan rings is 1. The summed E-state index contributed by atoms with van der Waals surface area (Å²) in [5, 5.41) is 3.74. The van der Waals surface area contributed by atoms with Crippen LogP contribution in [0.15, 0.2) is 65.1 Å².